The number of thioether (sulfide) groups is 1. The Hall–Kier alpha value is -4.22. The molecule has 1 aliphatic heterocycles. The molecule has 11 heteroatoms. The minimum Gasteiger partial charge on any atom is -0.336 e. The van der Waals surface area contributed by atoms with Gasteiger partial charge in [-0.25, -0.2) is 13.5 Å². The molecule has 0 aliphatic carbocycles. The normalized spacial score (nSPS) is 14.4. The quantitative estimate of drug-likeness (QED) is 0.254. The van der Waals surface area contributed by atoms with Crippen LogP contribution in [0, 0.1) is 18.6 Å². The highest BCUT2D eigenvalue weighted by molar-refractivity contribution is 8.00. The van der Waals surface area contributed by atoms with E-state index in [1.807, 2.05) is 49.4 Å². The summed E-state index contributed by atoms with van der Waals surface area (Å²) in [7, 11) is 1.76. The smallest absolute Gasteiger partial charge is 0.295 e. The van der Waals surface area contributed by atoms with E-state index in [4.69, 9.17) is 0 Å². The maximum Gasteiger partial charge on any atom is 0.295 e. The summed E-state index contributed by atoms with van der Waals surface area (Å²) < 4.78 is 31.2. The molecule has 1 aliphatic rings. The third-order valence-electron chi connectivity index (χ3n) is 8.05. The van der Waals surface area contributed by atoms with E-state index in [0.717, 1.165) is 6.07 Å². The molecule has 1 atom stereocenters. The van der Waals surface area contributed by atoms with Crippen molar-refractivity contribution in [3.05, 3.63) is 112 Å². The highest BCUT2D eigenvalue weighted by Crippen LogP contribution is 2.29. The first-order chi connectivity index (χ1) is 21.2. The van der Waals surface area contributed by atoms with Crippen molar-refractivity contribution in [3.63, 3.8) is 0 Å². The predicted molar refractivity (Wildman–Crippen MR) is 168 cm³/mol. The SMILES string of the molecule is CCC(c1ccc(F)cc1F)N1CCN(C(=O)c2ccccc2SCC(=O)Nc2c(C)n(C)n(-c3ccccc3)c2=O)CC1. The van der Waals surface area contributed by atoms with E-state index < -0.39 is 11.6 Å². The number of nitrogens with one attached hydrogen (secondary N) is 1. The van der Waals surface area contributed by atoms with Gasteiger partial charge in [0.2, 0.25) is 5.91 Å². The number of aromatic nitrogens is 2. The second kappa shape index (κ2) is 13.6. The molecule has 2 heterocycles. The highest BCUT2D eigenvalue weighted by atomic mass is 32.2. The highest BCUT2D eigenvalue weighted by Gasteiger charge is 2.29. The number of benzene rings is 3. The van der Waals surface area contributed by atoms with Gasteiger partial charge < -0.3 is 10.2 Å². The Labute approximate surface area is 259 Å². The first kappa shape index (κ1) is 31.2. The molecular weight excluding hydrogens is 584 g/mol. The molecular formula is C33H35F2N5O3S. The number of piperazine rings is 1. The molecule has 0 radical (unpaired) electrons. The lowest BCUT2D eigenvalue weighted by atomic mass is 10.0. The van der Waals surface area contributed by atoms with Gasteiger partial charge in [0.15, 0.2) is 0 Å². The summed E-state index contributed by atoms with van der Waals surface area (Å²) in [6, 6.07) is 19.8. The lowest BCUT2D eigenvalue weighted by Gasteiger charge is -2.39. The van der Waals surface area contributed by atoms with Gasteiger partial charge in [0.25, 0.3) is 11.5 Å². The van der Waals surface area contributed by atoms with Gasteiger partial charge >= 0.3 is 0 Å². The number of nitrogens with zero attached hydrogens (tertiary/aromatic N) is 4. The van der Waals surface area contributed by atoms with Gasteiger partial charge in [0.1, 0.15) is 17.3 Å². The maximum absolute atomic E-state index is 14.5. The Kier molecular flexibility index (Phi) is 9.65. The molecule has 1 fully saturated rings. The summed E-state index contributed by atoms with van der Waals surface area (Å²) in [4.78, 5) is 44.3. The third kappa shape index (κ3) is 6.48. The third-order valence-corrected chi connectivity index (χ3v) is 9.12. The monoisotopic (exact) mass is 619 g/mol. The van der Waals surface area contributed by atoms with Crippen molar-refractivity contribution in [2.24, 2.45) is 7.05 Å². The van der Waals surface area contributed by atoms with Crippen molar-refractivity contribution in [2.45, 2.75) is 31.2 Å². The lowest BCUT2D eigenvalue weighted by molar-refractivity contribution is -0.113. The van der Waals surface area contributed by atoms with Crippen molar-refractivity contribution in [3.8, 4) is 5.69 Å². The van der Waals surface area contributed by atoms with E-state index >= 15 is 0 Å². The predicted octanol–water partition coefficient (Wildman–Crippen LogP) is 5.40. The minimum absolute atomic E-state index is 0.0125. The molecule has 5 rings (SSSR count). The van der Waals surface area contributed by atoms with Gasteiger partial charge in [-0.1, -0.05) is 43.3 Å². The van der Waals surface area contributed by atoms with Gasteiger partial charge in [0, 0.05) is 55.8 Å². The zero-order valence-electron chi connectivity index (χ0n) is 24.9. The number of hydrogen-bond acceptors (Lipinski definition) is 5. The number of carbonyl (C=O) groups excluding carboxylic acids is 2. The van der Waals surface area contributed by atoms with Crippen LogP contribution in [-0.4, -0.2) is 62.9 Å². The standard InChI is InChI=1S/C33H35F2N5O3S/c1-4-28(25-15-14-23(34)20-27(25)35)38-16-18-39(19-17-38)32(42)26-12-8-9-13-29(26)44-21-30(41)36-31-22(2)37(3)40(33(31)43)24-10-6-5-7-11-24/h5-15,20,28H,4,16-19,21H2,1-3H3,(H,36,41). The summed E-state index contributed by atoms with van der Waals surface area (Å²) >= 11 is 1.24. The van der Waals surface area contributed by atoms with Gasteiger partial charge in [0.05, 0.1) is 22.7 Å². The molecule has 2 amide bonds. The zero-order chi connectivity index (χ0) is 31.4. The van der Waals surface area contributed by atoms with Crippen LogP contribution in [0.2, 0.25) is 0 Å². The summed E-state index contributed by atoms with van der Waals surface area (Å²) in [6.07, 6.45) is 0.653. The molecule has 1 N–H and O–H groups in total. The van der Waals surface area contributed by atoms with Crippen LogP contribution in [0.3, 0.4) is 0 Å². The Morgan fingerprint density at radius 3 is 2.32 bits per heavy atom. The average Bonchev–Trinajstić information content (AvgIpc) is 3.24. The topological polar surface area (TPSA) is 79.6 Å². The molecule has 8 nitrogen and oxygen atoms in total. The molecule has 1 aromatic heterocycles. The Balaban J connectivity index is 1.22. The Morgan fingerprint density at radius 2 is 1.64 bits per heavy atom. The average molecular weight is 620 g/mol. The molecule has 0 bridgehead atoms. The van der Waals surface area contributed by atoms with Crippen molar-refractivity contribution in [2.75, 3.05) is 37.2 Å². The number of amides is 2. The number of hydrogen-bond donors (Lipinski definition) is 1. The maximum atomic E-state index is 14.5. The molecule has 44 heavy (non-hydrogen) atoms. The van der Waals surface area contributed by atoms with Gasteiger partial charge in [-0.05, 0) is 43.7 Å². The van der Waals surface area contributed by atoms with E-state index in [2.05, 4.69) is 10.2 Å². The van der Waals surface area contributed by atoms with Gasteiger partial charge in [-0.2, -0.15) is 0 Å². The van der Waals surface area contributed by atoms with Crippen LogP contribution in [0.4, 0.5) is 14.5 Å². The second-order valence-electron chi connectivity index (χ2n) is 10.7. The number of anilines is 1. The molecule has 230 valence electrons. The molecule has 4 aromatic rings. The van der Waals surface area contributed by atoms with Crippen molar-refractivity contribution >= 4 is 29.3 Å². The van der Waals surface area contributed by atoms with Crippen LogP contribution in [0.5, 0.6) is 0 Å². The van der Waals surface area contributed by atoms with Gasteiger partial charge in [-0.15, -0.1) is 11.8 Å². The fourth-order valence-corrected chi connectivity index (χ4v) is 6.50. The van der Waals surface area contributed by atoms with Crippen LogP contribution < -0.4 is 10.9 Å². The number of halogens is 2. The summed E-state index contributed by atoms with van der Waals surface area (Å²) in [6.45, 7) is 5.76. The van der Waals surface area contributed by atoms with E-state index in [-0.39, 0.29) is 34.9 Å². The molecule has 1 unspecified atom stereocenters. The molecule has 0 spiro atoms. The van der Waals surface area contributed by atoms with E-state index in [1.54, 1.807) is 35.7 Å². The molecule has 0 saturated carbocycles. The van der Waals surface area contributed by atoms with Crippen LogP contribution in [-0.2, 0) is 11.8 Å². The van der Waals surface area contributed by atoms with Crippen LogP contribution >= 0.6 is 11.8 Å². The summed E-state index contributed by atoms with van der Waals surface area (Å²) in [5.74, 6) is -1.64. The number of carbonyl (C=O) groups is 2. The van der Waals surface area contributed by atoms with E-state index in [0.29, 0.717) is 60.0 Å². The van der Waals surface area contributed by atoms with E-state index in [9.17, 15) is 23.2 Å². The molecule has 1 saturated heterocycles. The van der Waals surface area contributed by atoms with Crippen LogP contribution in [0.25, 0.3) is 5.69 Å². The number of rotatable bonds is 9. The van der Waals surface area contributed by atoms with Gasteiger partial charge in [-0.3, -0.25) is 24.0 Å². The Bertz CT molecular complexity index is 1710. The van der Waals surface area contributed by atoms with Crippen molar-refractivity contribution in [1.29, 1.82) is 0 Å². The first-order valence-corrected chi connectivity index (χ1v) is 15.5. The second-order valence-corrected chi connectivity index (χ2v) is 11.7. The summed E-state index contributed by atoms with van der Waals surface area (Å²) in [5.41, 5.74) is 2.17. The lowest BCUT2D eigenvalue weighted by Crippen LogP contribution is -2.49. The van der Waals surface area contributed by atoms with E-state index in [1.165, 1.54) is 28.6 Å². The fourth-order valence-electron chi connectivity index (χ4n) is 5.65. The fraction of sp³-hybridized carbons (Fsp3) is 0.303. The summed E-state index contributed by atoms with van der Waals surface area (Å²) in [5, 5.41) is 2.77. The minimum atomic E-state index is -0.605. The van der Waals surface area contributed by atoms with Crippen molar-refractivity contribution < 1.29 is 18.4 Å². The zero-order valence-corrected chi connectivity index (χ0v) is 25.7. The van der Waals surface area contributed by atoms with Crippen molar-refractivity contribution in [1.82, 2.24) is 19.2 Å². The van der Waals surface area contributed by atoms with Crippen LogP contribution in [0.15, 0.2) is 82.5 Å². The van der Waals surface area contributed by atoms with Crippen LogP contribution in [0.1, 0.15) is 41.0 Å². The molecule has 3 aromatic carbocycles. The Morgan fingerprint density at radius 1 is 0.955 bits per heavy atom. The first-order valence-electron chi connectivity index (χ1n) is 14.5. The largest absolute Gasteiger partial charge is 0.336 e. The number of para-hydroxylation sites is 1.